The number of methoxy groups -OCH3 is 1. The molecule has 124 valence electrons. The van der Waals surface area contributed by atoms with Crippen molar-refractivity contribution in [2.24, 2.45) is 0 Å². The van der Waals surface area contributed by atoms with Crippen LogP contribution in [0.5, 0.6) is 0 Å². The van der Waals surface area contributed by atoms with Gasteiger partial charge in [0.1, 0.15) is 5.69 Å². The van der Waals surface area contributed by atoms with Gasteiger partial charge < -0.3 is 9.84 Å². The fraction of sp³-hybridized carbons (Fsp3) is 0.357. The number of esters is 1. The van der Waals surface area contributed by atoms with Gasteiger partial charge in [0, 0.05) is 13.0 Å². The van der Waals surface area contributed by atoms with E-state index >= 15 is 0 Å². The molecule has 0 bridgehead atoms. The topological polar surface area (TPSA) is 126 Å². The number of rotatable bonds is 4. The van der Waals surface area contributed by atoms with E-state index < -0.39 is 11.9 Å². The minimum Gasteiger partial charge on any atom is -0.481 e. The van der Waals surface area contributed by atoms with E-state index in [0.29, 0.717) is 4.91 Å². The van der Waals surface area contributed by atoms with Crippen molar-refractivity contribution in [3.63, 3.8) is 0 Å². The summed E-state index contributed by atoms with van der Waals surface area (Å²) in [6.07, 6.45) is 2.15. The molecule has 1 heterocycles. The van der Waals surface area contributed by atoms with Crippen LogP contribution in [0.3, 0.4) is 0 Å². The lowest BCUT2D eigenvalue weighted by atomic mass is 9.99. The summed E-state index contributed by atoms with van der Waals surface area (Å²) < 4.78 is 4.56. The average Bonchev–Trinajstić information content (AvgIpc) is 2.93. The highest BCUT2D eigenvalue weighted by molar-refractivity contribution is 8.04. The van der Waals surface area contributed by atoms with Gasteiger partial charge in [0.05, 0.1) is 17.6 Å². The van der Waals surface area contributed by atoms with Crippen LogP contribution in [-0.4, -0.2) is 51.7 Å². The Morgan fingerprint density at radius 3 is 2.52 bits per heavy atom. The zero-order chi connectivity index (χ0) is 17.6. The molecular formula is C14H16N2O6S. The van der Waals surface area contributed by atoms with Crippen molar-refractivity contribution in [2.75, 3.05) is 12.9 Å². The first kappa shape index (κ1) is 18.6. The number of ketones is 2. The fourth-order valence-corrected chi connectivity index (χ4v) is 2.53. The van der Waals surface area contributed by atoms with Crippen molar-refractivity contribution >= 4 is 35.3 Å². The maximum atomic E-state index is 12.3. The summed E-state index contributed by atoms with van der Waals surface area (Å²) in [4.78, 5) is 45.0. The van der Waals surface area contributed by atoms with Crippen molar-refractivity contribution in [2.45, 2.75) is 20.3 Å². The van der Waals surface area contributed by atoms with Crippen LogP contribution in [-0.2, 0) is 9.53 Å². The molecule has 1 aliphatic carbocycles. The first-order valence-corrected chi connectivity index (χ1v) is 7.61. The van der Waals surface area contributed by atoms with Gasteiger partial charge in [0.25, 0.3) is 5.97 Å². The van der Waals surface area contributed by atoms with Gasteiger partial charge in [-0.15, -0.1) is 11.8 Å². The third kappa shape index (κ3) is 4.52. The molecule has 0 fully saturated rings. The number of hydrogen-bond acceptors (Lipinski definition) is 7. The van der Waals surface area contributed by atoms with Crippen molar-refractivity contribution in [3.05, 3.63) is 27.9 Å². The molecule has 0 atom stereocenters. The van der Waals surface area contributed by atoms with Crippen molar-refractivity contribution < 1.29 is 29.0 Å². The second kappa shape index (κ2) is 8.28. The fourth-order valence-electron chi connectivity index (χ4n) is 1.69. The highest BCUT2D eigenvalue weighted by Gasteiger charge is 2.34. The van der Waals surface area contributed by atoms with E-state index in [0.717, 1.165) is 19.1 Å². The number of Topliss-reactive ketones (excluding diaryl/α,β-unsaturated/α-hetero) is 1. The second-order valence-electron chi connectivity index (χ2n) is 4.38. The Hall–Kier alpha value is -2.42. The molecule has 1 aromatic rings. The average molecular weight is 340 g/mol. The number of allylic oxidation sites excluding steroid dienone is 2. The number of thioether (sulfide) groups is 1. The lowest BCUT2D eigenvalue weighted by Crippen LogP contribution is -2.18. The molecule has 0 aliphatic heterocycles. The number of carboxylic acid groups (broad SMARTS) is 1. The molecule has 9 heteroatoms. The molecule has 0 radical (unpaired) electrons. The summed E-state index contributed by atoms with van der Waals surface area (Å²) in [7, 11) is 1.20. The normalized spacial score (nSPS) is 12.7. The van der Waals surface area contributed by atoms with Gasteiger partial charge in [-0.25, -0.2) is 4.79 Å². The lowest BCUT2D eigenvalue weighted by Gasteiger charge is -2.10. The van der Waals surface area contributed by atoms with Crippen LogP contribution in [0.2, 0.25) is 0 Å². The Morgan fingerprint density at radius 1 is 1.39 bits per heavy atom. The number of aliphatic carboxylic acids is 1. The predicted molar refractivity (Wildman–Crippen MR) is 82.7 cm³/mol. The van der Waals surface area contributed by atoms with E-state index in [1.165, 1.54) is 24.9 Å². The molecular weight excluding hydrogens is 324 g/mol. The molecule has 8 nitrogen and oxygen atoms in total. The van der Waals surface area contributed by atoms with Crippen LogP contribution in [0.25, 0.3) is 0 Å². The zero-order valence-electron chi connectivity index (χ0n) is 12.8. The van der Waals surface area contributed by atoms with Crippen LogP contribution >= 0.6 is 11.8 Å². The Bertz CT molecular complexity index is 673. The zero-order valence-corrected chi connectivity index (χ0v) is 13.7. The number of nitrogens with one attached hydrogen (secondary N) is 1. The van der Waals surface area contributed by atoms with Crippen LogP contribution in [0.4, 0.5) is 0 Å². The Kier molecular flexibility index (Phi) is 6.70. The maximum Gasteiger partial charge on any atom is 0.356 e. The maximum absolute atomic E-state index is 12.3. The molecule has 1 aromatic heterocycles. The van der Waals surface area contributed by atoms with Gasteiger partial charge in [-0.3, -0.25) is 19.5 Å². The number of carbonyl (C=O) groups excluding carboxylic acids is 3. The summed E-state index contributed by atoms with van der Waals surface area (Å²) in [5.41, 5.74) is -0.0808. The summed E-state index contributed by atoms with van der Waals surface area (Å²) in [6.45, 7) is 3.06. The highest BCUT2D eigenvalue weighted by Crippen LogP contribution is 2.29. The quantitative estimate of drug-likeness (QED) is 0.793. The van der Waals surface area contributed by atoms with Gasteiger partial charge in [0.2, 0.25) is 11.6 Å². The predicted octanol–water partition coefficient (Wildman–Crippen LogP) is 1.69. The van der Waals surface area contributed by atoms with E-state index in [2.05, 4.69) is 14.9 Å². The number of aromatic nitrogens is 2. The Morgan fingerprint density at radius 2 is 2.00 bits per heavy atom. The highest BCUT2D eigenvalue weighted by atomic mass is 32.2. The molecule has 2 N–H and O–H groups in total. The minimum absolute atomic E-state index is 0.0120. The monoisotopic (exact) mass is 340 g/mol. The molecule has 0 amide bonds. The molecule has 1 aliphatic rings. The van der Waals surface area contributed by atoms with E-state index in [9.17, 15) is 14.4 Å². The smallest absolute Gasteiger partial charge is 0.356 e. The van der Waals surface area contributed by atoms with E-state index in [1.54, 1.807) is 0 Å². The number of carbonyl (C=O) groups is 4. The van der Waals surface area contributed by atoms with Crippen LogP contribution in [0, 0.1) is 0 Å². The molecule has 0 saturated carbocycles. The van der Waals surface area contributed by atoms with Gasteiger partial charge in [-0.1, -0.05) is 6.92 Å². The Labute approximate surface area is 136 Å². The summed E-state index contributed by atoms with van der Waals surface area (Å²) in [5.74, 6) is -1.55. The largest absolute Gasteiger partial charge is 0.481 e. The second-order valence-corrected chi connectivity index (χ2v) is 5.52. The van der Waals surface area contributed by atoms with Crippen LogP contribution in [0.1, 0.15) is 51.6 Å². The first-order chi connectivity index (χ1) is 10.8. The number of hydrogen-bond donors (Lipinski definition) is 2. The number of aromatic amines is 1. The number of H-pyrrole nitrogens is 1. The molecule has 2 rings (SSSR count). The number of fused-ring (bicyclic) bond motifs is 1. The van der Waals surface area contributed by atoms with Gasteiger partial charge >= 0.3 is 5.97 Å². The van der Waals surface area contributed by atoms with Gasteiger partial charge in [0.15, 0.2) is 5.69 Å². The van der Waals surface area contributed by atoms with Crippen LogP contribution < -0.4 is 0 Å². The molecule has 0 aromatic carbocycles. The number of carboxylic acids is 1. The molecule has 0 spiro atoms. The SMILES string of the molecule is CC(=O)O.CCCSC1=CC(=O)c2n[nH]c(C(=O)OC)c2C1=O. The molecule has 23 heavy (non-hydrogen) atoms. The number of nitrogens with zero attached hydrogens (tertiary/aromatic N) is 1. The van der Waals surface area contributed by atoms with E-state index in [-0.39, 0.29) is 28.5 Å². The van der Waals surface area contributed by atoms with Crippen LogP contribution in [0.15, 0.2) is 11.0 Å². The Balaban J connectivity index is 0.000000593. The molecule has 0 saturated heterocycles. The lowest BCUT2D eigenvalue weighted by molar-refractivity contribution is -0.134. The summed E-state index contributed by atoms with van der Waals surface area (Å²) in [5, 5.41) is 13.5. The van der Waals surface area contributed by atoms with Crippen molar-refractivity contribution in [1.29, 1.82) is 0 Å². The minimum atomic E-state index is -0.833. The first-order valence-electron chi connectivity index (χ1n) is 6.63. The summed E-state index contributed by atoms with van der Waals surface area (Å²) in [6, 6.07) is 0. The number of ether oxygens (including phenoxy) is 1. The standard InChI is InChI=1S/C12H12N2O4S.C2H4O2/c1-3-4-19-7-5-6(15)9-8(11(7)16)10(14-13-9)12(17)18-2;1-2(3)4/h5H,3-4H2,1-2H3,(H,13,14);1H3,(H,3,4). The van der Waals surface area contributed by atoms with E-state index in [4.69, 9.17) is 9.90 Å². The van der Waals surface area contributed by atoms with Gasteiger partial charge in [-0.2, -0.15) is 5.10 Å². The molecule has 0 unspecified atom stereocenters. The third-order valence-electron chi connectivity index (χ3n) is 2.56. The van der Waals surface area contributed by atoms with Crippen molar-refractivity contribution in [3.8, 4) is 0 Å². The van der Waals surface area contributed by atoms with E-state index in [1.807, 2.05) is 6.92 Å². The van der Waals surface area contributed by atoms with Gasteiger partial charge in [-0.05, 0) is 12.2 Å². The summed E-state index contributed by atoms with van der Waals surface area (Å²) >= 11 is 1.30. The third-order valence-corrected chi connectivity index (χ3v) is 3.79. The van der Waals surface area contributed by atoms with Crippen molar-refractivity contribution in [1.82, 2.24) is 10.2 Å².